The Bertz CT molecular complexity index is 1320. The molecule has 0 bridgehead atoms. The molecule has 0 saturated carbocycles. The van der Waals surface area contributed by atoms with Crippen molar-refractivity contribution in [2.24, 2.45) is 11.5 Å². The molecule has 2 aliphatic rings. The van der Waals surface area contributed by atoms with E-state index >= 15 is 0 Å². The van der Waals surface area contributed by atoms with Gasteiger partial charge in [-0.15, -0.1) is 24.8 Å². The van der Waals surface area contributed by atoms with Crippen molar-refractivity contribution in [3.63, 3.8) is 0 Å². The molecule has 0 radical (unpaired) electrons. The van der Waals surface area contributed by atoms with Crippen molar-refractivity contribution >= 4 is 65.7 Å². The minimum Gasteiger partial charge on any atom is -0.427 e. The summed E-state index contributed by atoms with van der Waals surface area (Å²) in [7, 11) is 0. The zero-order valence-corrected chi connectivity index (χ0v) is 23.8. The van der Waals surface area contributed by atoms with Crippen LogP contribution in [0.4, 0.5) is 0 Å². The Labute approximate surface area is 237 Å². The van der Waals surface area contributed by atoms with Crippen LogP contribution in [0.5, 0.6) is 0 Å². The van der Waals surface area contributed by atoms with Crippen molar-refractivity contribution in [2.45, 2.75) is 64.5 Å². The molecule has 4 N–H and O–H groups in total. The smallest absolute Gasteiger partial charge is 0.311 e. The van der Waals surface area contributed by atoms with Gasteiger partial charge in [0.1, 0.15) is 5.76 Å². The average molecular weight is 561 g/mol. The third-order valence-corrected chi connectivity index (χ3v) is 6.83. The normalized spacial score (nSPS) is 14.5. The van der Waals surface area contributed by atoms with Crippen LogP contribution in [0.15, 0.2) is 42.2 Å². The molecule has 0 fully saturated rings. The van der Waals surface area contributed by atoms with Crippen LogP contribution in [0.2, 0.25) is 0 Å². The molecular weight excluding hydrogens is 521 g/mol. The lowest BCUT2D eigenvalue weighted by atomic mass is 9.94. The first-order chi connectivity index (χ1) is 17.3. The monoisotopic (exact) mass is 559 g/mol. The molecule has 2 aromatic carbocycles. The van der Waals surface area contributed by atoms with E-state index in [1.807, 2.05) is 30.9 Å². The Hall–Kier alpha value is -2.64. The van der Waals surface area contributed by atoms with Crippen LogP contribution < -0.4 is 21.9 Å². The number of carbonyl (C=O) groups is 2. The van der Waals surface area contributed by atoms with Crippen LogP contribution in [0.3, 0.4) is 0 Å². The summed E-state index contributed by atoms with van der Waals surface area (Å²) in [4.78, 5) is 27.0. The lowest BCUT2D eigenvalue weighted by Crippen LogP contribution is -2.37. The highest BCUT2D eigenvalue weighted by molar-refractivity contribution is 5.96. The average Bonchev–Trinajstić information content (AvgIpc) is 3.32. The van der Waals surface area contributed by atoms with Crippen molar-refractivity contribution in [2.75, 3.05) is 13.1 Å². The number of amides is 1. The molecule has 2 aromatic rings. The first-order valence-corrected chi connectivity index (χ1v) is 13.0. The zero-order chi connectivity index (χ0) is 25.7. The second-order valence-corrected chi connectivity index (χ2v) is 10.0. The van der Waals surface area contributed by atoms with Gasteiger partial charge < -0.3 is 21.1 Å². The molecule has 0 saturated heterocycles. The second kappa shape index (κ2) is 14.5. The number of hydrogen-bond donors (Lipinski definition) is 2. The molecule has 0 aromatic heterocycles. The highest BCUT2D eigenvalue weighted by Gasteiger charge is 2.17. The van der Waals surface area contributed by atoms with Crippen molar-refractivity contribution in [3.8, 4) is 0 Å². The number of nitrogens with two attached hydrogens (primary N) is 2. The molecule has 0 aliphatic heterocycles. The van der Waals surface area contributed by atoms with Crippen molar-refractivity contribution in [3.05, 3.63) is 63.7 Å². The fraction of sp³-hybridized carbons (Fsp3) is 0.400. The predicted octanol–water partition coefficient (Wildman–Crippen LogP) is 3.73. The van der Waals surface area contributed by atoms with Gasteiger partial charge in [-0.3, -0.25) is 9.59 Å². The highest BCUT2D eigenvalue weighted by Crippen LogP contribution is 2.23. The standard InChI is InChI=1S/C30H37N3O3.2ClH/c1-20(31)15-17-33(18-16-21(2)32)29(34)7-4-8-30(35)36-24-11-14-26-23(19-24)10-13-27-25-6-3-5-22(25)9-12-28(26)27;;/h3,5-6,9-13,19-21H,4,7-8,14-18,31-32H2,1-2H3;2*1H. The second-order valence-electron chi connectivity index (χ2n) is 10.0. The predicted molar refractivity (Wildman–Crippen MR) is 161 cm³/mol. The largest absolute Gasteiger partial charge is 0.427 e. The van der Waals surface area contributed by atoms with Crippen LogP contribution >= 0.6 is 24.8 Å². The fourth-order valence-electron chi connectivity index (χ4n) is 4.76. The van der Waals surface area contributed by atoms with E-state index in [4.69, 9.17) is 16.2 Å². The number of ether oxygens (including phenoxy) is 1. The molecule has 0 heterocycles. The van der Waals surface area contributed by atoms with Gasteiger partial charge in [0.15, 0.2) is 0 Å². The maximum atomic E-state index is 12.7. The number of fused-ring (bicyclic) bond motifs is 5. The number of hydrogen-bond acceptors (Lipinski definition) is 5. The van der Waals surface area contributed by atoms with Gasteiger partial charge in [0.25, 0.3) is 0 Å². The molecule has 0 spiro atoms. The Morgan fingerprint density at radius 2 is 1.61 bits per heavy atom. The van der Waals surface area contributed by atoms with E-state index in [1.165, 1.54) is 27.1 Å². The maximum Gasteiger partial charge on any atom is 0.311 e. The summed E-state index contributed by atoms with van der Waals surface area (Å²) < 4.78 is 5.63. The fourth-order valence-corrected chi connectivity index (χ4v) is 4.76. The van der Waals surface area contributed by atoms with Crippen molar-refractivity contribution < 1.29 is 14.3 Å². The van der Waals surface area contributed by atoms with Gasteiger partial charge in [0.05, 0.1) is 0 Å². The van der Waals surface area contributed by atoms with E-state index < -0.39 is 0 Å². The maximum absolute atomic E-state index is 12.7. The van der Waals surface area contributed by atoms with Gasteiger partial charge in [-0.2, -0.15) is 0 Å². The summed E-state index contributed by atoms with van der Waals surface area (Å²) >= 11 is 0. The summed E-state index contributed by atoms with van der Waals surface area (Å²) in [6, 6.07) is 8.65. The molecule has 1 amide bonds. The highest BCUT2D eigenvalue weighted by atomic mass is 35.5. The summed E-state index contributed by atoms with van der Waals surface area (Å²) in [6.07, 6.45) is 13.4. The number of benzene rings is 2. The van der Waals surface area contributed by atoms with E-state index in [1.54, 1.807) is 0 Å². The SMILES string of the molecule is CC(N)CCN(CCC(C)N)C(=O)CCCC(=O)OC1=CCc2c(ccc3c4c(ccc23)=CC=C4)=C1.Cl.Cl. The van der Waals surface area contributed by atoms with Gasteiger partial charge in [-0.1, -0.05) is 42.5 Å². The van der Waals surface area contributed by atoms with Crippen molar-refractivity contribution in [1.29, 1.82) is 0 Å². The summed E-state index contributed by atoms with van der Waals surface area (Å²) in [5.74, 6) is 0.293. The molecular formula is C30H39Cl2N3O3. The van der Waals surface area contributed by atoms with E-state index in [0.29, 0.717) is 38.1 Å². The van der Waals surface area contributed by atoms with Gasteiger partial charge in [0, 0.05) is 38.0 Å². The number of allylic oxidation sites excluding steroid dienone is 3. The minimum atomic E-state index is -0.314. The lowest BCUT2D eigenvalue weighted by Gasteiger charge is -2.24. The molecule has 8 heteroatoms. The Kier molecular flexibility index (Phi) is 12.0. The molecule has 2 atom stereocenters. The first kappa shape index (κ1) is 31.6. The van der Waals surface area contributed by atoms with Crippen LogP contribution in [0.25, 0.3) is 29.0 Å². The molecule has 6 nitrogen and oxygen atoms in total. The third kappa shape index (κ3) is 7.93. The Morgan fingerprint density at radius 1 is 0.947 bits per heavy atom. The van der Waals surface area contributed by atoms with E-state index in [-0.39, 0.29) is 55.2 Å². The van der Waals surface area contributed by atoms with Gasteiger partial charge >= 0.3 is 5.97 Å². The Balaban J connectivity index is 0.00000253. The lowest BCUT2D eigenvalue weighted by molar-refractivity contribution is -0.139. The molecule has 206 valence electrons. The van der Waals surface area contributed by atoms with Crippen molar-refractivity contribution in [1.82, 2.24) is 4.90 Å². The minimum absolute atomic E-state index is 0. The quantitative estimate of drug-likeness (QED) is 0.409. The first-order valence-electron chi connectivity index (χ1n) is 13.0. The molecule has 38 heavy (non-hydrogen) atoms. The van der Waals surface area contributed by atoms with Crippen LogP contribution in [0, 0.1) is 0 Å². The van der Waals surface area contributed by atoms with Crippen LogP contribution in [-0.4, -0.2) is 41.9 Å². The van der Waals surface area contributed by atoms with Gasteiger partial charge in [-0.25, -0.2) is 0 Å². The van der Waals surface area contributed by atoms with E-state index in [2.05, 4.69) is 42.5 Å². The molecule has 2 aliphatic carbocycles. The number of rotatable bonds is 11. The topological polar surface area (TPSA) is 98.6 Å². The number of halogens is 2. The number of nitrogens with zero attached hydrogens (tertiary/aromatic N) is 1. The summed E-state index contributed by atoms with van der Waals surface area (Å²) in [6.45, 7) is 5.09. The molecule has 2 unspecified atom stereocenters. The number of carbonyl (C=O) groups excluding carboxylic acids is 2. The van der Waals surface area contributed by atoms with Gasteiger partial charge in [0.2, 0.25) is 5.91 Å². The van der Waals surface area contributed by atoms with Crippen LogP contribution in [0.1, 0.15) is 57.1 Å². The van der Waals surface area contributed by atoms with E-state index in [9.17, 15) is 9.59 Å². The summed E-state index contributed by atoms with van der Waals surface area (Å²) in [5, 5.41) is 4.81. The zero-order valence-electron chi connectivity index (χ0n) is 22.2. The third-order valence-electron chi connectivity index (χ3n) is 6.83. The molecule has 4 rings (SSSR count). The van der Waals surface area contributed by atoms with Crippen LogP contribution in [-0.2, 0) is 20.7 Å². The Morgan fingerprint density at radius 3 is 2.29 bits per heavy atom. The van der Waals surface area contributed by atoms with E-state index in [0.717, 1.165) is 18.1 Å². The summed E-state index contributed by atoms with van der Waals surface area (Å²) in [5.41, 5.74) is 14.2. The number of esters is 1. The van der Waals surface area contributed by atoms with Gasteiger partial charge in [-0.05, 0) is 84.0 Å².